The molecule has 0 radical (unpaired) electrons. The molecule has 1 heterocycles. The van der Waals surface area contributed by atoms with Gasteiger partial charge >= 0.3 is 19.8 Å². The van der Waals surface area contributed by atoms with Crippen LogP contribution in [-0.4, -0.2) is 77.9 Å². The zero-order chi connectivity index (χ0) is 41.0. The molecule has 1 rings (SSSR count). The van der Waals surface area contributed by atoms with E-state index in [0.29, 0.717) is 31.5 Å². The van der Waals surface area contributed by atoms with Gasteiger partial charge in [-0.2, -0.15) is 0 Å². The maximum Gasteiger partial charge on any atom is 0.472 e. The Morgan fingerprint density at radius 3 is 1.86 bits per heavy atom. The first kappa shape index (κ1) is 51.6. The molecule has 11 nitrogen and oxygen atoms in total. The Morgan fingerprint density at radius 1 is 0.643 bits per heavy atom. The third-order valence-electron chi connectivity index (χ3n) is 9.07. The standard InChI is InChI=1S/C44H75O11P/c1-3-5-7-9-11-12-13-14-15-16-17-18-21-26-30-34-44(48)54-40(38-53-56(49,50)52-36-39(46)35-45)37-51-43(47)33-29-25-22-19-20-24-28-32-42-41(55-42)31-27-23-10-8-6-4-2/h12-15,19,22-24,27-28,39-42,45-46H,3-11,16-18,20-21,25-26,29-38H2,1-2H3,(H,49,50)/b13-12-,15-14-,22-19-,27-23-,28-24-/t39-,40+,41?,42?/m0/s1. The highest BCUT2D eigenvalue weighted by Gasteiger charge is 2.36. The lowest BCUT2D eigenvalue weighted by atomic mass is 10.1. The van der Waals surface area contributed by atoms with Gasteiger partial charge in [0.15, 0.2) is 6.10 Å². The van der Waals surface area contributed by atoms with Crippen molar-refractivity contribution in [2.45, 2.75) is 180 Å². The monoisotopic (exact) mass is 811 g/mol. The van der Waals surface area contributed by atoms with Gasteiger partial charge in [0.05, 0.1) is 32.0 Å². The van der Waals surface area contributed by atoms with E-state index in [0.717, 1.165) is 64.2 Å². The van der Waals surface area contributed by atoms with Crippen molar-refractivity contribution in [1.82, 2.24) is 0 Å². The highest BCUT2D eigenvalue weighted by Crippen LogP contribution is 2.43. The van der Waals surface area contributed by atoms with Crippen LogP contribution in [-0.2, 0) is 37.4 Å². The lowest BCUT2D eigenvalue weighted by Gasteiger charge is -2.20. The maximum absolute atomic E-state index is 12.6. The maximum atomic E-state index is 12.6. The summed E-state index contributed by atoms with van der Waals surface area (Å²) < 4.78 is 38.4. The minimum absolute atomic E-state index is 0.149. The van der Waals surface area contributed by atoms with E-state index in [1.807, 2.05) is 6.08 Å². The van der Waals surface area contributed by atoms with Crippen molar-refractivity contribution in [2.24, 2.45) is 0 Å². The van der Waals surface area contributed by atoms with Crippen LogP contribution in [0, 0.1) is 0 Å². The third kappa shape index (κ3) is 32.7. The molecule has 0 aliphatic carbocycles. The summed E-state index contributed by atoms with van der Waals surface area (Å²) in [5.74, 6) is -1.02. The van der Waals surface area contributed by atoms with Gasteiger partial charge in [0.25, 0.3) is 0 Å². The lowest BCUT2D eigenvalue weighted by molar-refractivity contribution is -0.161. The highest BCUT2D eigenvalue weighted by molar-refractivity contribution is 7.47. The number of esters is 2. The van der Waals surface area contributed by atoms with Gasteiger partial charge in [-0.3, -0.25) is 18.6 Å². The number of aliphatic hydroxyl groups is 2. The van der Waals surface area contributed by atoms with E-state index in [4.69, 9.17) is 23.8 Å². The fourth-order valence-corrected chi connectivity index (χ4v) is 6.39. The number of allylic oxidation sites excluding steroid dienone is 8. The molecule has 0 aromatic heterocycles. The Labute approximate surface area is 338 Å². The van der Waals surface area contributed by atoms with Gasteiger partial charge < -0.3 is 29.3 Å². The minimum Gasteiger partial charge on any atom is -0.462 e. The molecule has 1 fully saturated rings. The summed E-state index contributed by atoms with van der Waals surface area (Å²) in [4.78, 5) is 35.0. The van der Waals surface area contributed by atoms with E-state index in [1.165, 1.54) is 44.9 Å². The number of aliphatic hydroxyl groups excluding tert-OH is 2. The Bertz CT molecular complexity index is 1180. The van der Waals surface area contributed by atoms with Crippen LogP contribution in [0.3, 0.4) is 0 Å². The number of ether oxygens (including phenoxy) is 3. The van der Waals surface area contributed by atoms with Crippen molar-refractivity contribution < 1.29 is 52.5 Å². The topological polar surface area (TPSA) is 161 Å². The van der Waals surface area contributed by atoms with Crippen LogP contribution >= 0.6 is 7.82 Å². The Kier molecular flexibility index (Phi) is 33.0. The first-order chi connectivity index (χ1) is 27.2. The molecule has 322 valence electrons. The van der Waals surface area contributed by atoms with E-state index < -0.39 is 51.8 Å². The molecule has 12 heteroatoms. The van der Waals surface area contributed by atoms with Gasteiger partial charge in [-0.25, -0.2) is 4.57 Å². The summed E-state index contributed by atoms with van der Waals surface area (Å²) in [5.41, 5.74) is 0. The number of phosphoric ester groups is 1. The third-order valence-corrected chi connectivity index (χ3v) is 10.0. The predicted octanol–water partition coefficient (Wildman–Crippen LogP) is 10.1. The second kappa shape index (κ2) is 35.8. The van der Waals surface area contributed by atoms with Crippen LogP contribution in [0.25, 0.3) is 0 Å². The number of carbonyl (C=O) groups excluding carboxylic acids is 2. The molecule has 1 aliphatic rings. The van der Waals surface area contributed by atoms with Crippen LogP contribution in [0.1, 0.15) is 155 Å². The van der Waals surface area contributed by atoms with Gasteiger partial charge in [0, 0.05) is 12.8 Å². The number of epoxide rings is 1. The number of rotatable bonds is 38. The van der Waals surface area contributed by atoms with E-state index in [-0.39, 0.29) is 19.4 Å². The van der Waals surface area contributed by atoms with Gasteiger partial charge in [0.2, 0.25) is 0 Å². The van der Waals surface area contributed by atoms with Gasteiger partial charge in [-0.15, -0.1) is 0 Å². The molecule has 3 unspecified atom stereocenters. The molecule has 0 aromatic carbocycles. The molecular formula is C44H75O11P. The summed E-state index contributed by atoms with van der Waals surface area (Å²) in [5, 5.41) is 18.3. The zero-order valence-electron chi connectivity index (χ0n) is 34.5. The van der Waals surface area contributed by atoms with E-state index in [1.54, 1.807) is 0 Å². The van der Waals surface area contributed by atoms with Crippen LogP contribution in [0.4, 0.5) is 0 Å². The largest absolute Gasteiger partial charge is 0.472 e. The smallest absolute Gasteiger partial charge is 0.462 e. The predicted molar refractivity (Wildman–Crippen MR) is 223 cm³/mol. The fourth-order valence-electron chi connectivity index (χ4n) is 5.60. The normalized spacial score (nSPS) is 18.1. The summed E-state index contributed by atoms with van der Waals surface area (Å²) in [6.07, 6.45) is 40.8. The van der Waals surface area contributed by atoms with Crippen LogP contribution in [0.15, 0.2) is 60.8 Å². The van der Waals surface area contributed by atoms with Crippen molar-refractivity contribution in [3.05, 3.63) is 60.8 Å². The highest BCUT2D eigenvalue weighted by atomic mass is 31.2. The number of hydrogen-bond donors (Lipinski definition) is 3. The molecule has 5 atom stereocenters. The summed E-state index contributed by atoms with van der Waals surface area (Å²) in [6.45, 7) is 2.22. The van der Waals surface area contributed by atoms with Crippen LogP contribution < -0.4 is 0 Å². The quantitative estimate of drug-likeness (QED) is 0.0136. The van der Waals surface area contributed by atoms with Crippen molar-refractivity contribution in [3.8, 4) is 0 Å². The molecular weight excluding hydrogens is 735 g/mol. The van der Waals surface area contributed by atoms with Crippen LogP contribution in [0.2, 0.25) is 0 Å². The summed E-state index contributed by atoms with van der Waals surface area (Å²) in [6, 6.07) is 0. The molecule has 0 amide bonds. The van der Waals surface area contributed by atoms with Crippen molar-refractivity contribution in [1.29, 1.82) is 0 Å². The number of unbranched alkanes of at least 4 members (excludes halogenated alkanes) is 13. The van der Waals surface area contributed by atoms with Crippen molar-refractivity contribution >= 4 is 19.8 Å². The second-order valence-corrected chi connectivity index (χ2v) is 15.9. The average molecular weight is 811 g/mol. The van der Waals surface area contributed by atoms with Crippen LogP contribution in [0.5, 0.6) is 0 Å². The molecule has 0 aromatic rings. The molecule has 0 bridgehead atoms. The molecule has 0 spiro atoms. The molecule has 56 heavy (non-hydrogen) atoms. The van der Waals surface area contributed by atoms with E-state index in [2.05, 4.69) is 73.1 Å². The Balaban J connectivity index is 2.32. The number of hydrogen-bond acceptors (Lipinski definition) is 10. The fraction of sp³-hybridized carbons (Fsp3) is 0.727. The summed E-state index contributed by atoms with van der Waals surface area (Å²) in [7, 11) is -4.64. The Morgan fingerprint density at radius 2 is 1.16 bits per heavy atom. The first-order valence-electron chi connectivity index (χ1n) is 21.4. The summed E-state index contributed by atoms with van der Waals surface area (Å²) >= 11 is 0. The van der Waals surface area contributed by atoms with Crippen molar-refractivity contribution in [3.63, 3.8) is 0 Å². The van der Waals surface area contributed by atoms with Gasteiger partial charge in [-0.1, -0.05) is 126 Å². The molecule has 0 saturated carbocycles. The lowest BCUT2D eigenvalue weighted by Crippen LogP contribution is -2.29. The second-order valence-electron chi connectivity index (χ2n) is 14.4. The van der Waals surface area contributed by atoms with Crippen molar-refractivity contribution in [2.75, 3.05) is 26.4 Å². The van der Waals surface area contributed by atoms with Gasteiger partial charge in [0.1, 0.15) is 12.7 Å². The molecule has 1 aliphatic heterocycles. The number of carbonyl (C=O) groups is 2. The molecule has 1 saturated heterocycles. The zero-order valence-corrected chi connectivity index (χ0v) is 35.4. The minimum atomic E-state index is -4.64. The SMILES string of the molecule is CCCCC/C=C\CC1OC1C/C=C\C/C=C\CCCC(=O)OC[C@H](COP(=O)(O)OC[C@@H](O)CO)OC(=O)CCCCCCC/C=C\C=C/CCCCCC. The molecule has 3 N–H and O–H groups in total. The first-order valence-corrected chi connectivity index (χ1v) is 22.9. The average Bonchev–Trinajstić information content (AvgIpc) is 3.94. The number of phosphoric acid groups is 1. The van der Waals surface area contributed by atoms with E-state index >= 15 is 0 Å². The Hall–Kier alpha value is -2.37. The van der Waals surface area contributed by atoms with E-state index in [9.17, 15) is 24.2 Å². The van der Waals surface area contributed by atoms with Gasteiger partial charge in [-0.05, 0) is 77.0 Å².